The van der Waals surface area contributed by atoms with Crippen LogP contribution in [0.3, 0.4) is 0 Å². The Labute approximate surface area is 428 Å². The van der Waals surface area contributed by atoms with Crippen LogP contribution >= 0.6 is 0 Å². The molecule has 6 N–H and O–H groups in total. The SMILES string of the molecule is CCCCCCCCC/C=C\CCCCCCCC(=O)OCCCCCCCC/C=C\CCCCCCCCCC(=O)NC(COC1OC(CO)C(O)C(O)C1O)C(O)/C=C/CCCCCCCCC. The minimum absolute atomic E-state index is 0.0265. The highest BCUT2D eigenvalue weighted by atomic mass is 16.7. The van der Waals surface area contributed by atoms with E-state index in [1.807, 2.05) is 6.08 Å². The van der Waals surface area contributed by atoms with E-state index in [9.17, 15) is 35.1 Å². The van der Waals surface area contributed by atoms with Crippen molar-refractivity contribution >= 4 is 11.9 Å². The van der Waals surface area contributed by atoms with Gasteiger partial charge in [-0.1, -0.05) is 204 Å². The van der Waals surface area contributed by atoms with Crippen molar-refractivity contribution in [3.63, 3.8) is 0 Å². The second-order valence-electron chi connectivity index (χ2n) is 20.3. The third kappa shape index (κ3) is 38.5. The molecule has 1 rings (SSSR count). The number of amides is 1. The molecule has 70 heavy (non-hydrogen) atoms. The van der Waals surface area contributed by atoms with Gasteiger partial charge in [-0.3, -0.25) is 9.59 Å². The summed E-state index contributed by atoms with van der Waals surface area (Å²) in [4.78, 5) is 25.1. The Hall–Kier alpha value is -2.12. The van der Waals surface area contributed by atoms with Crippen molar-refractivity contribution in [1.29, 1.82) is 0 Å². The van der Waals surface area contributed by atoms with Gasteiger partial charge in [-0.25, -0.2) is 0 Å². The standard InChI is InChI=1S/C59H109NO10/c1-3-5-7-9-11-13-14-15-16-21-24-27-31-35-39-43-47-55(64)68-48-44-40-36-32-28-25-22-19-17-18-20-23-26-30-34-38-42-46-54(63)60-51(52(62)45-41-37-33-29-12-10-8-6-4-2)50-69-59-58(67)57(66)56(65)53(49-61)70-59/h16-17,19,21,41,45,51-53,56-59,61-62,65-67H,3-15,18,20,22-40,42-44,46-50H2,1-2H3,(H,60,63)/b19-17-,21-16-,45-41+. The number of esters is 1. The Kier molecular flexibility index (Phi) is 46.2. The highest BCUT2D eigenvalue weighted by Gasteiger charge is 2.44. The second-order valence-corrected chi connectivity index (χ2v) is 20.3. The summed E-state index contributed by atoms with van der Waals surface area (Å²) in [6.45, 7) is 4.27. The van der Waals surface area contributed by atoms with Gasteiger partial charge in [0.05, 0.1) is 32.0 Å². The number of allylic oxidation sites excluding steroid dienone is 5. The van der Waals surface area contributed by atoms with E-state index in [2.05, 4.69) is 43.5 Å². The lowest BCUT2D eigenvalue weighted by molar-refractivity contribution is -0.302. The van der Waals surface area contributed by atoms with Crippen LogP contribution in [0.15, 0.2) is 36.5 Å². The second kappa shape index (κ2) is 49.1. The minimum Gasteiger partial charge on any atom is -0.466 e. The van der Waals surface area contributed by atoms with Crippen LogP contribution < -0.4 is 5.32 Å². The number of hydrogen-bond donors (Lipinski definition) is 6. The zero-order valence-corrected chi connectivity index (χ0v) is 45.0. The number of unbranched alkanes of at least 4 members (excludes halogenated alkanes) is 32. The van der Waals surface area contributed by atoms with Gasteiger partial charge >= 0.3 is 5.97 Å². The molecule has 0 saturated carbocycles. The minimum atomic E-state index is -1.57. The average Bonchev–Trinajstić information content (AvgIpc) is 3.36. The van der Waals surface area contributed by atoms with Crippen molar-refractivity contribution in [2.24, 2.45) is 0 Å². The van der Waals surface area contributed by atoms with E-state index < -0.39 is 49.5 Å². The largest absolute Gasteiger partial charge is 0.466 e. The molecular weight excluding hydrogens is 883 g/mol. The van der Waals surface area contributed by atoms with Gasteiger partial charge in [0.15, 0.2) is 6.29 Å². The normalized spacial score (nSPS) is 19.4. The molecule has 1 fully saturated rings. The summed E-state index contributed by atoms with van der Waals surface area (Å²) in [6, 6.07) is -0.818. The van der Waals surface area contributed by atoms with Crippen molar-refractivity contribution in [3.05, 3.63) is 36.5 Å². The first-order chi connectivity index (χ1) is 34.2. The molecule has 1 heterocycles. The molecule has 410 valence electrons. The van der Waals surface area contributed by atoms with E-state index in [1.165, 1.54) is 154 Å². The number of ether oxygens (including phenoxy) is 3. The fourth-order valence-corrected chi connectivity index (χ4v) is 9.01. The molecule has 1 aliphatic heterocycles. The number of aliphatic hydroxyl groups is 5. The first-order valence-electron chi connectivity index (χ1n) is 29.3. The van der Waals surface area contributed by atoms with Crippen LogP contribution in [-0.4, -0.2) is 100 Å². The molecule has 0 radical (unpaired) electrons. The lowest BCUT2D eigenvalue weighted by Crippen LogP contribution is -2.60. The molecule has 11 heteroatoms. The van der Waals surface area contributed by atoms with Gasteiger partial charge in [0.2, 0.25) is 5.91 Å². The molecule has 1 saturated heterocycles. The lowest BCUT2D eigenvalue weighted by atomic mass is 9.99. The fourth-order valence-electron chi connectivity index (χ4n) is 9.01. The molecule has 1 aliphatic rings. The Morgan fingerprint density at radius 3 is 1.37 bits per heavy atom. The van der Waals surface area contributed by atoms with Crippen LogP contribution in [0.5, 0.6) is 0 Å². The van der Waals surface area contributed by atoms with Gasteiger partial charge in [-0.2, -0.15) is 0 Å². The molecule has 11 nitrogen and oxygen atoms in total. The van der Waals surface area contributed by atoms with Crippen molar-refractivity contribution < 1.29 is 49.3 Å². The Morgan fingerprint density at radius 2 is 0.914 bits per heavy atom. The molecule has 1 amide bonds. The first kappa shape index (κ1) is 65.9. The molecule has 7 unspecified atom stereocenters. The number of hydrogen-bond acceptors (Lipinski definition) is 10. The maximum Gasteiger partial charge on any atom is 0.305 e. The Bertz CT molecular complexity index is 1260. The molecule has 0 aromatic rings. The number of carbonyl (C=O) groups is 2. The van der Waals surface area contributed by atoms with Gasteiger partial charge < -0.3 is 45.1 Å². The van der Waals surface area contributed by atoms with E-state index in [0.29, 0.717) is 19.4 Å². The van der Waals surface area contributed by atoms with Crippen LogP contribution in [0.4, 0.5) is 0 Å². The molecule has 0 aromatic heterocycles. The van der Waals surface area contributed by atoms with Gasteiger partial charge in [0, 0.05) is 12.8 Å². The number of aliphatic hydroxyl groups excluding tert-OH is 5. The topological polar surface area (TPSA) is 175 Å². The Morgan fingerprint density at radius 1 is 0.514 bits per heavy atom. The monoisotopic (exact) mass is 992 g/mol. The number of carbonyl (C=O) groups excluding carboxylic acids is 2. The van der Waals surface area contributed by atoms with E-state index in [1.54, 1.807) is 6.08 Å². The van der Waals surface area contributed by atoms with Crippen molar-refractivity contribution in [2.45, 2.75) is 307 Å². The third-order valence-electron chi connectivity index (χ3n) is 13.7. The average molecular weight is 993 g/mol. The predicted molar refractivity (Wildman–Crippen MR) is 287 cm³/mol. The zero-order valence-electron chi connectivity index (χ0n) is 45.0. The zero-order chi connectivity index (χ0) is 51.0. The summed E-state index contributed by atoms with van der Waals surface area (Å²) in [7, 11) is 0. The lowest BCUT2D eigenvalue weighted by Gasteiger charge is -2.40. The Balaban J connectivity index is 2.05. The highest BCUT2D eigenvalue weighted by Crippen LogP contribution is 2.23. The summed E-state index contributed by atoms with van der Waals surface area (Å²) in [5.74, 6) is -0.223. The summed E-state index contributed by atoms with van der Waals surface area (Å²) in [5, 5.41) is 54.2. The quantitative estimate of drug-likeness (QED) is 0.0195. The maximum absolute atomic E-state index is 13.0. The molecular formula is C59H109NO10. The van der Waals surface area contributed by atoms with Crippen molar-refractivity contribution in [3.8, 4) is 0 Å². The van der Waals surface area contributed by atoms with E-state index in [-0.39, 0.29) is 18.5 Å². The highest BCUT2D eigenvalue weighted by molar-refractivity contribution is 5.76. The molecule has 0 spiro atoms. The van der Waals surface area contributed by atoms with Gasteiger partial charge in [-0.05, 0) is 83.5 Å². The van der Waals surface area contributed by atoms with Crippen LogP contribution in [0.25, 0.3) is 0 Å². The van der Waals surface area contributed by atoms with E-state index >= 15 is 0 Å². The van der Waals surface area contributed by atoms with Gasteiger partial charge in [0.1, 0.15) is 24.4 Å². The summed E-state index contributed by atoms with van der Waals surface area (Å²) < 4.78 is 16.7. The van der Waals surface area contributed by atoms with Crippen LogP contribution in [0.2, 0.25) is 0 Å². The molecule has 0 aromatic carbocycles. The predicted octanol–water partition coefficient (Wildman–Crippen LogP) is 13.1. The molecule has 7 atom stereocenters. The van der Waals surface area contributed by atoms with Crippen LogP contribution in [0, 0.1) is 0 Å². The summed E-state index contributed by atoms with van der Waals surface area (Å²) in [5.41, 5.74) is 0. The van der Waals surface area contributed by atoms with Crippen molar-refractivity contribution in [2.75, 3.05) is 19.8 Å². The maximum atomic E-state index is 13.0. The fraction of sp³-hybridized carbons (Fsp3) is 0.864. The summed E-state index contributed by atoms with van der Waals surface area (Å²) in [6.07, 6.45) is 49.6. The summed E-state index contributed by atoms with van der Waals surface area (Å²) >= 11 is 0. The van der Waals surface area contributed by atoms with Crippen LogP contribution in [-0.2, 0) is 23.8 Å². The van der Waals surface area contributed by atoms with E-state index in [0.717, 1.165) is 83.5 Å². The smallest absolute Gasteiger partial charge is 0.305 e. The van der Waals surface area contributed by atoms with E-state index in [4.69, 9.17) is 14.2 Å². The third-order valence-corrected chi connectivity index (χ3v) is 13.7. The number of rotatable bonds is 50. The molecule has 0 bridgehead atoms. The molecule has 0 aliphatic carbocycles. The van der Waals surface area contributed by atoms with Crippen molar-refractivity contribution in [1.82, 2.24) is 5.32 Å². The van der Waals surface area contributed by atoms with Crippen LogP contribution in [0.1, 0.15) is 264 Å². The first-order valence-corrected chi connectivity index (χ1v) is 29.3. The van der Waals surface area contributed by atoms with Gasteiger partial charge in [-0.15, -0.1) is 0 Å². The number of nitrogens with one attached hydrogen (secondary N) is 1. The van der Waals surface area contributed by atoms with Gasteiger partial charge in [0.25, 0.3) is 0 Å².